The molecule has 7 nitrogen and oxygen atoms in total. The van der Waals surface area contributed by atoms with Gasteiger partial charge in [-0.3, -0.25) is 4.98 Å². The van der Waals surface area contributed by atoms with Crippen molar-refractivity contribution in [2.75, 3.05) is 20.2 Å². The van der Waals surface area contributed by atoms with Gasteiger partial charge in [0.05, 0.1) is 32.1 Å². The molecule has 1 N–H and O–H groups in total. The zero-order chi connectivity index (χ0) is 20.8. The number of methoxy groups -OCH3 is 1. The van der Waals surface area contributed by atoms with E-state index in [1.54, 1.807) is 11.1 Å². The summed E-state index contributed by atoms with van der Waals surface area (Å²) in [5, 5.41) is 3.18. The highest BCUT2D eigenvalue weighted by Gasteiger charge is 2.29. The summed E-state index contributed by atoms with van der Waals surface area (Å²) in [7, 11) is 1.53. The summed E-state index contributed by atoms with van der Waals surface area (Å²) in [5.74, 6) is 0.793. The predicted octanol–water partition coefficient (Wildman–Crippen LogP) is 3.44. The zero-order valence-corrected chi connectivity index (χ0v) is 16.8. The normalized spacial score (nSPS) is 15.8. The van der Waals surface area contributed by atoms with Gasteiger partial charge in [0.15, 0.2) is 0 Å². The first kappa shape index (κ1) is 19.7. The van der Waals surface area contributed by atoms with Gasteiger partial charge in [-0.1, -0.05) is 60.7 Å². The lowest BCUT2D eigenvalue weighted by Gasteiger charge is -2.24. The summed E-state index contributed by atoms with van der Waals surface area (Å²) in [6.07, 6.45) is 3.66. The molecule has 2 amide bonds. The van der Waals surface area contributed by atoms with E-state index in [1.165, 1.54) is 13.3 Å². The van der Waals surface area contributed by atoms with Gasteiger partial charge in [0.25, 0.3) is 0 Å². The average Bonchev–Trinajstić information content (AvgIpc) is 3.27. The largest absolute Gasteiger partial charge is 0.480 e. The number of rotatable bonds is 6. The molecule has 3 aromatic rings. The van der Waals surface area contributed by atoms with Gasteiger partial charge in [-0.25, -0.2) is 4.79 Å². The molecular formula is C23H24N4O3. The Morgan fingerprint density at radius 1 is 1.03 bits per heavy atom. The van der Waals surface area contributed by atoms with Crippen LogP contribution < -0.4 is 14.8 Å². The second-order valence-corrected chi connectivity index (χ2v) is 7.08. The molecule has 2 heterocycles. The van der Waals surface area contributed by atoms with Crippen LogP contribution in [0.5, 0.6) is 11.8 Å². The van der Waals surface area contributed by atoms with E-state index in [1.807, 2.05) is 60.7 Å². The Balaban J connectivity index is 1.42. The summed E-state index contributed by atoms with van der Waals surface area (Å²) in [5.41, 5.74) is 2.08. The van der Waals surface area contributed by atoms with Crippen LogP contribution in [-0.4, -0.2) is 47.2 Å². The Bertz CT molecular complexity index is 929. The molecule has 0 radical (unpaired) electrons. The third-order valence-electron chi connectivity index (χ3n) is 5.05. The number of hydrogen-bond donors (Lipinski definition) is 1. The highest BCUT2D eigenvalue weighted by Crippen LogP contribution is 2.23. The van der Waals surface area contributed by atoms with Crippen molar-refractivity contribution in [1.29, 1.82) is 0 Å². The van der Waals surface area contributed by atoms with Gasteiger partial charge >= 0.3 is 6.03 Å². The second kappa shape index (κ2) is 9.26. The third-order valence-corrected chi connectivity index (χ3v) is 5.05. The van der Waals surface area contributed by atoms with Gasteiger partial charge in [0.1, 0.15) is 6.10 Å². The maximum atomic E-state index is 13.0. The molecule has 1 aliphatic rings. The van der Waals surface area contributed by atoms with Gasteiger partial charge in [-0.05, 0) is 11.1 Å². The van der Waals surface area contributed by atoms with Crippen LogP contribution in [-0.2, 0) is 0 Å². The van der Waals surface area contributed by atoms with E-state index in [0.717, 1.165) is 17.5 Å². The van der Waals surface area contributed by atoms with Crippen LogP contribution in [0.1, 0.15) is 23.6 Å². The summed E-state index contributed by atoms with van der Waals surface area (Å²) in [4.78, 5) is 23.1. The molecule has 1 fully saturated rings. The Morgan fingerprint density at radius 2 is 1.67 bits per heavy atom. The summed E-state index contributed by atoms with van der Waals surface area (Å²) < 4.78 is 11.0. The number of likely N-dealkylation sites (tertiary alicyclic amines) is 1. The number of aromatic nitrogens is 2. The van der Waals surface area contributed by atoms with Gasteiger partial charge in [0, 0.05) is 13.0 Å². The highest BCUT2D eigenvalue weighted by atomic mass is 16.5. The number of nitrogens with zero attached hydrogens (tertiary/aromatic N) is 3. The molecule has 1 unspecified atom stereocenters. The minimum absolute atomic E-state index is 0.115. The molecule has 1 atom stereocenters. The maximum absolute atomic E-state index is 13.0. The molecule has 1 saturated heterocycles. The Morgan fingerprint density at radius 3 is 2.30 bits per heavy atom. The molecule has 1 aromatic heterocycles. The monoisotopic (exact) mass is 404 g/mol. The number of benzene rings is 2. The van der Waals surface area contributed by atoms with Crippen LogP contribution in [0.2, 0.25) is 0 Å². The molecular weight excluding hydrogens is 380 g/mol. The number of carbonyl (C=O) groups is 1. The number of urea groups is 1. The van der Waals surface area contributed by atoms with Gasteiger partial charge < -0.3 is 19.7 Å². The van der Waals surface area contributed by atoms with Crippen molar-refractivity contribution in [3.05, 3.63) is 84.2 Å². The molecule has 0 bridgehead atoms. The van der Waals surface area contributed by atoms with Crippen LogP contribution in [0, 0.1) is 0 Å². The van der Waals surface area contributed by atoms with Crippen LogP contribution >= 0.6 is 0 Å². The first-order valence-electron chi connectivity index (χ1n) is 9.91. The van der Waals surface area contributed by atoms with Gasteiger partial charge in [-0.15, -0.1) is 0 Å². The van der Waals surface area contributed by atoms with E-state index in [0.29, 0.717) is 24.8 Å². The molecule has 154 valence electrons. The van der Waals surface area contributed by atoms with Crippen molar-refractivity contribution >= 4 is 6.03 Å². The minimum Gasteiger partial charge on any atom is -0.480 e. The predicted molar refractivity (Wildman–Crippen MR) is 112 cm³/mol. The molecule has 7 heteroatoms. The lowest BCUT2D eigenvalue weighted by atomic mass is 9.99. The number of ether oxygens (including phenoxy) is 2. The van der Waals surface area contributed by atoms with Crippen LogP contribution in [0.4, 0.5) is 4.79 Å². The molecule has 2 aromatic carbocycles. The van der Waals surface area contributed by atoms with Crippen molar-refractivity contribution in [3.8, 4) is 11.8 Å². The molecule has 0 aliphatic carbocycles. The standard InChI is InChI=1S/C23H24N4O3/c1-29-20-14-24-15-21(25-20)30-19-12-13-27(16-19)23(28)26-22(17-8-4-2-5-9-17)18-10-6-3-7-11-18/h2-11,14-15,19,22H,12-13,16H2,1H3,(H,26,28). The summed E-state index contributed by atoms with van der Waals surface area (Å²) in [6, 6.07) is 19.6. The molecule has 30 heavy (non-hydrogen) atoms. The Labute approximate surface area is 175 Å². The minimum atomic E-state index is -0.218. The number of nitrogens with one attached hydrogen (secondary N) is 1. The van der Waals surface area contributed by atoms with Crippen molar-refractivity contribution < 1.29 is 14.3 Å². The van der Waals surface area contributed by atoms with Crippen molar-refractivity contribution in [3.63, 3.8) is 0 Å². The highest BCUT2D eigenvalue weighted by molar-refractivity contribution is 5.75. The number of carbonyl (C=O) groups excluding carboxylic acids is 1. The fourth-order valence-electron chi connectivity index (χ4n) is 3.53. The van der Waals surface area contributed by atoms with Crippen molar-refractivity contribution in [2.45, 2.75) is 18.6 Å². The van der Waals surface area contributed by atoms with E-state index in [-0.39, 0.29) is 18.2 Å². The van der Waals surface area contributed by atoms with Crippen LogP contribution in [0.3, 0.4) is 0 Å². The van der Waals surface area contributed by atoms with Crippen molar-refractivity contribution in [1.82, 2.24) is 20.2 Å². The zero-order valence-electron chi connectivity index (χ0n) is 16.8. The first-order valence-corrected chi connectivity index (χ1v) is 9.91. The third kappa shape index (κ3) is 4.68. The summed E-state index contributed by atoms with van der Waals surface area (Å²) in [6.45, 7) is 1.10. The van der Waals surface area contributed by atoms with Gasteiger partial charge in [0.2, 0.25) is 11.8 Å². The van der Waals surface area contributed by atoms with E-state index in [4.69, 9.17) is 9.47 Å². The molecule has 4 rings (SSSR count). The Kier molecular flexibility index (Phi) is 6.08. The Hall–Kier alpha value is -3.61. The molecule has 1 aliphatic heterocycles. The van der Waals surface area contributed by atoms with E-state index >= 15 is 0 Å². The van der Waals surface area contributed by atoms with E-state index in [9.17, 15) is 4.79 Å². The topological polar surface area (TPSA) is 76.6 Å². The SMILES string of the molecule is COc1cncc(OC2CCN(C(=O)NC(c3ccccc3)c3ccccc3)C2)n1. The van der Waals surface area contributed by atoms with Crippen LogP contribution in [0.25, 0.3) is 0 Å². The maximum Gasteiger partial charge on any atom is 0.318 e. The van der Waals surface area contributed by atoms with Crippen molar-refractivity contribution in [2.24, 2.45) is 0 Å². The fourth-order valence-corrected chi connectivity index (χ4v) is 3.53. The quantitative estimate of drug-likeness (QED) is 0.681. The smallest absolute Gasteiger partial charge is 0.318 e. The number of amides is 2. The summed E-state index contributed by atoms with van der Waals surface area (Å²) >= 11 is 0. The fraction of sp³-hybridized carbons (Fsp3) is 0.261. The second-order valence-electron chi connectivity index (χ2n) is 7.08. The lowest BCUT2D eigenvalue weighted by Crippen LogP contribution is -2.41. The van der Waals surface area contributed by atoms with Gasteiger partial charge in [-0.2, -0.15) is 4.98 Å². The lowest BCUT2D eigenvalue weighted by molar-refractivity contribution is 0.180. The molecule has 0 saturated carbocycles. The average molecular weight is 404 g/mol. The first-order chi connectivity index (χ1) is 14.7. The van der Waals surface area contributed by atoms with E-state index < -0.39 is 0 Å². The van der Waals surface area contributed by atoms with Crippen LogP contribution in [0.15, 0.2) is 73.1 Å². The number of hydrogen-bond acceptors (Lipinski definition) is 5. The van der Waals surface area contributed by atoms with E-state index in [2.05, 4.69) is 15.3 Å². The molecule has 0 spiro atoms.